The van der Waals surface area contributed by atoms with Gasteiger partial charge >= 0.3 is 0 Å². The molecule has 7 nitrogen and oxygen atoms in total. The number of amides is 1. The molecule has 0 radical (unpaired) electrons. The van der Waals surface area contributed by atoms with Gasteiger partial charge in [0.25, 0.3) is 5.91 Å². The molecular weight excluding hydrogens is 268 g/mol. The lowest BCUT2D eigenvalue weighted by Gasteiger charge is -2.17. The monoisotopic (exact) mass is 286 g/mol. The molecule has 1 N–H and O–H groups in total. The maximum Gasteiger partial charge on any atom is 0.273 e. The van der Waals surface area contributed by atoms with Crippen LogP contribution in [-0.4, -0.2) is 45.0 Å². The second-order valence-corrected chi connectivity index (χ2v) is 5.05. The van der Waals surface area contributed by atoms with Crippen molar-refractivity contribution in [2.24, 2.45) is 0 Å². The van der Waals surface area contributed by atoms with E-state index in [1.165, 1.54) is 0 Å². The third-order valence-electron chi connectivity index (χ3n) is 3.59. The van der Waals surface area contributed by atoms with Gasteiger partial charge in [0.15, 0.2) is 5.69 Å². The Hall–Kier alpha value is -2.44. The molecule has 3 heterocycles. The number of carbonyl (C=O) groups excluding carboxylic acids is 1. The van der Waals surface area contributed by atoms with Crippen molar-refractivity contribution in [2.75, 3.05) is 18.0 Å². The minimum atomic E-state index is -0.164. The van der Waals surface area contributed by atoms with Crippen LogP contribution in [0.4, 0.5) is 5.82 Å². The van der Waals surface area contributed by atoms with E-state index in [0.29, 0.717) is 12.2 Å². The number of aromatic nitrogens is 4. The van der Waals surface area contributed by atoms with E-state index in [2.05, 4.69) is 25.5 Å². The van der Waals surface area contributed by atoms with Gasteiger partial charge in [0.05, 0.1) is 6.20 Å². The van der Waals surface area contributed by atoms with E-state index < -0.39 is 0 Å². The Kier molecular flexibility index (Phi) is 3.81. The average Bonchev–Trinajstić information content (AvgIpc) is 3.17. The van der Waals surface area contributed by atoms with Crippen LogP contribution >= 0.6 is 0 Å². The normalized spacial score (nSPS) is 18.0. The Morgan fingerprint density at radius 3 is 3.10 bits per heavy atom. The van der Waals surface area contributed by atoms with Gasteiger partial charge in [0, 0.05) is 31.9 Å². The minimum absolute atomic E-state index is 0.117. The van der Waals surface area contributed by atoms with E-state index in [9.17, 15) is 4.79 Å². The van der Waals surface area contributed by atoms with Gasteiger partial charge in [0.2, 0.25) is 0 Å². The molecule has 2 aromatic heterocycles. The van der Waals surface area contributed by atoms with Gasteiger partial charge in [-0.25, -0.2) is 4.98 Å². The summed E-state index contributed by atoms with van der Waals surface area (Å²) in [6.45, 7) is 4.32. The number of anilines is 1. The van der Waals surface area contributed by atoms with E-state index in [1.54, 1.807) is 17.1 Å². The molecule has 21 heavy (non-hydrogen) atoms. The van der Waals surface area contributed by atoms with E-state index in [4.69, 9.17) is 0 Å². The number of rotatable bonds is 4. The van der Waals surface area contributed by atoms with Crippen LogP contribution in [0.15, 0.2) is 30.6 Å². The SMILES string of the molecule is CCn1cc(C(=O)NC2CCN(c3ccccn3)C2)nn1. The van der Waals surface area contributed by atoms with Crippen molar-refractivity contribution in [1.82, 2.24) is 25.3 Å². The zero-order chi connectivity index (χ0) is 14.7. The molecule has 1 fully saturated rings. The lowest BCUT2D eigenvalue weighted by Crippen LogP contribution is -2.37. The van der Waals surface area contributed by atoms with Gasteiger partial charge in [-0.15, -0.1) is 5.10 Å². The summed E-state index contributed by atoms with van der Waals surface area (Å²) >= 11 is 0. The van der Waals surface area contributed by atoms with Crippen LogP contribution in [0.25, 0.3) is 0 Å². The number of hydrogen-bond acceptors (Lipinski definition) is 5. The largest absolute Gasteiger partial charge is 0.354 e. The smallest absolute Gasteiger partial charge is 0.273 e. The van der Waals surface area contributed by atoms with Gasteiger partial charge in [-0.05, 0) is 25.5 Å². The molecule has 0 aromatic carbocycles. The zero-order valence-electron chi connectivity index (χ0n) is 11.9. The molecule has 0 saturated carbocycles. The lowest BCUT2D eigenvalue weighted by atomic mass is 10.2. The fraction of sp³-hybridized carbons (Fsp3) is 0.429. The Balaban J connectivity index is 1.58. The number of aryl methyl sites for hydroxylation is 1. The van der Waals surface area contributed by atoms with Gasteiger partial charge in [-0.1, -0.05) is 11.3 Å². The Labute approximate surface area is 123 Å². The van der Waals surface area contributed by atoms with Crippen LogP contribution in [0.2, 0.25) is 0 Å². The van der Waals surface area contributed by atoms with E-state index in [0.717, 1.165) is 25.3 Å². The topological polar surface area (TPSA) is 75.9 Å². The van der Waals surface area contributed by atoms with Gasteiger partial charge in [-0.2, -0.15) is 0 Å². The summed E-state index contributed by atoms with van der Waals surface area (Å²) < 4.78 is 1.64. The molecule has 7 heteroatoms. The highest BCUT2D eigenvalue weighted by molar-refractivity contribution is 5.92. The number of pyridine rings is 1. The highest BCUT2D eigenvalue weighted by Crippen LogP contribution is 2.17. The van der Waals surface area contributed by atoms with Crippen molar-refractivity contribution in [3.05, 3.63) is 36.3 Å². The van der Waals surface area contributed by atoms with Crippen LogP contribution in [0.5, 0.6) is 0 Å². The number of nitrogens with one attached hydrogen (secondary N) is 1. The van der Waals surface area contributed by atoms with Crippen molar-refractivity contribution in [2.45, 2.75) is 25.9 Å². The van der Waals surface area contributed by atoms with E-state index in [-0.39, 0.29) is 11.9 Å². The summed E-state index contributed by atoms with van der Waals surface area (Å²) in [6, 6.07) is 5.97. The number of nitrogens with zero attached hydrogens (tertiary/aromatic N) is 5. The highest BCUT2D eigenvalue weighted by atomic mass is 16.2. The number of carbonyl (C=O) groups is 1. The molecule has 0 spiro atoms. The second-order valence-electron chi connectivity index (χ2n) is 5.05. The molecule has 0 aliphatic carbocycles. The van der Waals surface area contributed by atoms with Crippen molar-refractivity contribution in [3.63, 3.8) is 0 Å². The first-order valence-corrected chi connectivity index (χ1v) is 7.13. The molecule has 1 unspecified atom stereocenters. The third kappa shape index (κ3) is 3.01. The maximum absolute atomic E-state index is 12.1. The molecule has 0 bridgehead atoms. The predicted octanol–water partition coefficient (Wildman–Crippen LogP) is 0.702. The molecule has 1 saturated heterocycles. The molecule has 1 aliphatic rings. The van der Waals surface area contributed by atoms with Crippen LogP contribution in [0.1, 0.15) is 23.8 Å². The lowest BCUT2D eigenvalue weighted by molar-refractivity contribution is 0.0935. The first-order valence-electron chi connectivity index (χ1n) is 7.13. The Bertz CT molecular complexity index is 611. The average molecular weight is 286 g/mol. The Morgan fingerprint density at radius 1 is 1.48 bits per heavy atom. The quantitative estimate of drug-likeness (QED) is 0.895. The maximum atomic E-state index is 12.1. The molecule has 1 amide bonds. The molecular formula is C14H18N6O. The summed E-state index contributed by atoms with van der Waals surface area (Å²) in [5.74, 6) is 0.786. The van der Waals surface area contributed by atoms with E-state index >= 15 is 0 Å². The summed E-state index contributed by atoms with van der Waals surface area (Å²) in [7, 11) is 0. The zero-order valence-corrected chi connectivity index (χ0v) is 11.9. The van der Waals surface area contributed by atoms with Crippen molar-refractivity contribution in [3.8, 4) is 0 Å². The van der Waals surface area contributed by atoms with Gasteiger partial charge in [-0.3, -0.25) is 9.48 Å². The first-order chi connectivity index (χ1) is 10.3. The Morgan fingerprint density at radius 2 is 2.38 bits per heavy atom. The van der Waals surface area contributed by atoms with Crippen LogP contribution in [-0.2, 0) is 6.54 Å². The van der Waals surface area contributed by atoms with Crippen LogP contribution in [0, 0.1) is 0 Å². The van der Waals surface area contributed by atoms with Gasteiger partial charge < -0.3 is 10.2 Å². The summed E-state index contributed by atoms with van der Waals surface area (Å²) in [4.78, 5) is 18.6. The molecule has 2 aromatic rings. The minimum Gasteiger partial charge on any atom is -0.354 e. The van der Waals surface area contributed by atoms with E-state index in [1.807, 2.05) is 25.1 Å². The first kappa shape index (κ1) is 13.5. The second kappa shape index (κ2) is 5.90. The summed E-state index contributed by atoms with van der Waals surface area (Å²) in [5.41, 5.74) is 0.369. The number of hydrogen-bond donors (Lipinski definition) is 1. The molecule has 110 valence electrons. The fourth-order valence-electron chi connectivity index (χ4n) is 2.44. The van der Waals surface area contributed by atoms with Crippen LogP contribution < -0.4 is 10.2 Å². The fourth-order valence-corrected chi connectivity index (χ4v) is 2.44. The predicted molar refractivity (Wildman–Crippen MR) is 78.0 cm³/mol. The molecule has 1 atom stereocenters. The van der Waals surface area contributed by atoms with Gasteiger partial charge in [0.1, 0.15) is 5.82 Å². The standard InChI is InChI=1S/C14H18N6O/c1-2-20-10-12(17-18-20)14(21)16-11-6-8-19(9-11)13-5-3-4-7-15-13/h3-5,7,10-11H,2,6,8-9H2,1H3,(H,16,21). The molecule has 3 rings (SSSR count). The van der Waals surface area contributed by atoms with Crippen LogP contribution in [0.3, 0.4) is 0 Å². The van der Waals surface area contributed by atoms with Crippen molar-refractivity contribution in [1.29, 1.82) is 0 Å². The summed E-state index contributed by atoms with van der Waals surface area (Å²) in [6.07, 6.45) is 4.36. The molecule has 1 aliphatic heterocycles. The third-order valence-corrected chi connectivity index (χ3v) is 3.59. The van der Waals surface area contributed by atoms with Crippen molar-refractivity contribution < 1.29 is 4.79 Å². The van der Waals surface area contributed by atoms with Crippen molar-refractivity contribution >= 4 is 11.7 Å². The summed E-state index contributed by atoms with van der Waals surface area (Å²) in [5, 5.41) is 10.8. The highest BCUT2D eigenvalue weighted by Gasteiger charge is 2.25.